The van der Waals surface area contributed by atoms with Crippen molar-refractivity contribution in [2.24, 2.45) is 0 Å². The Balaban J connectivity index is 1.51. The average Bonchev–Trinajstić information content (AvgIpc) is 3.33. The second kappa shape index (κ2) is 7.90. The fourth-order valence-corrected chi connectivity index (χ4v) is 3.32. The lowest BCUT2D eigenvalue weighted by Gasteiger charge is -2.08. The molecule has 0 saturated carbocycles. The van der Waals surface area contributed by atoms with E-state index in [4.69, 9.17) is 0 Å². The van der Waals surface area contributed by atoms with Crippen molar-refractivity contribution in [1.29, 1.82) is 0 Å². The zero-order valence-electron chi connectivity index (χ0n) is 16.8. The van der Waals surface area contributed by atoms with Crippen molar-refractivity contribution in [3.05, 3.63) is 71.2 Å². The number of rotatable bonds is 5. The quantitative estimate of drug-likeness (QED) is 0.503. The van der Waals surface area contributed by atoms with Gasteiger partial charge in [-0.15, -0.1) is 0 Å². The van der Waals surface area contributed by atoms with Gasteiger partial charge in [-0.3, -0.25) is 4.79 Å². The number of aromatic nitrogens is 3. The smallest absolute Gasteiger partial charge is 0.350 e. The van der Waals surface area contributed by atoms with Crippen LogP contribution in [0.5, 0.6) is 0 Å². The highest BCUT2D eigenvalue weighted by Crippen LogP contribution is 2.31. The molecule has 0 bridgehead atoms. The Labute approximate surface area is 175 Å². The van der Waals surface area contributed by atoms with Gasteiger partial charge >= 0.3 is 12.1 Å². The molecular weight excluding hydrogens is 409 g/mol. The minimum absolute atomic E-state index is 0.121. The number of alkyl halides is 3. The Kier molecular flexibility index (Phi) is 5.26. The number of amides is 1. The number of carbonyl (C=O) groups excluding carboxylic acids is 1. The van der Waals surface area contributed by atoms with Gasteiger partial charge in [0.2, 0.25) is 11.7 Å². The van der Waals surface area contributed by atoms with Crippen molar-refractivity contribution in [2.75, 3.05) is 0 Å². The van der Waals surface area contributed by atoms with E-state index in [1.165, 1.54) is 0 Å². The third-order valence-electron chi connectivity index (χ3n) is 4.93. The van der Waals surface area contributed by atoms with E-state index in [9.17, 15) is 18.0 Å². The lowest BCUT2D eigenvalue weighted by Crippen LogP contribution is -2.26. The zero-order chi connectivity index (χ0) is 22.2. The first-order valence-electron chi connectivity index (χ1n) is 9.54. The van der Waals surface area contributed by atoms with Crippen LogP contribution in [0.2, 0.25) is 0 Å². The lowest BCUT2D eigenvalue weighted by molar-refractivity contribution is -0.159. The minimum Gasteiger partial charge on any atom is -0.350 e. The number of carbonyl (C=O) groups is 1. The molecular formula is C22H19F3N4O2. The molecule has 0 radical (unpaired) electrons. The molecule has 0 aliphatic rings. The van der Waals surface area contributed by atoms with Crippen LogP contribution in [0.4, 0.5) is 13.2 Å². The number of benzene rings is 2. The molecule has 0 unspecified atom stereocenters. The second-order valence-corrected chi connectivity index (χ2v) is 7.36. The van der Waals surface area contributed by atoms with Gasteiger partial charge in [-0.1, -0.05) is 35.0 Å². The molecule has 160 valence electrons. The molecule has 4 rings (SSSR count). The Morgan fingerprint density at radius 3 is 2.55 bits per heavy atom. The largest absolute Gasteiger partial charge is 0.471 e. The highest BCUT2D eigenvalue weighted by atomic mass is 19.4. The Bertz CT molecular complexity index is 1240. The van der Waals surface area contributed by atoms with E-state index in [1.807, 2.05) is 44.3 Å². The van der Waals surface area contributed by atoms with E-state index in [0.717, 1.165) is 27.6 Å². The molecule has 6 nitrogen and oxygen atoms in total. The molecule has 2 heterocycles. The summed E-state index contributed by atoms with van der Waals surface area (Å²) in [5.41, 5.74) is 4.22. The Morgan fingerprint density at radius 2 is 1.87 bits per heavy atom. The Morgan fingerprint density at radius 1 is 1.13 bits per heavy atom. The van der Waals surface area contributed by atoms with Gasteiger partial charge in [-0.2, -0.15) is 18.2 Å². The fraction of sp³-hybridized carbons (Fsp3) is 0.227. The van der Waals surface area contributed by atoms with Crippen molar-refractivity contribution in [3.8, 4) is 11.4 Å². The molecule has 2 aromatic carbocycles. The normalized spacial score (nSPS) is 11.8. The summed E-state index contributed by atoms with van der Waals surface area (Å²) in [7, 11) is 0. The summed E-state index contributed by atoms with van der Waals surface area (Å²) in [6, 6.07) is 12.9. The van der Waals surface area contributed by atoms with E-state index in [0.29, 0.717) is 12.1 Å². The van der Waals surface area contributed by atoms with Crippen LogP contribution in [0.25, 0.3) is 22.3 Å². The van der Waals surface area contributed by atoms with Crippen molar-refractivity contribution in [2.45, 2.75) is 33.1 Å². The maximum atomic E-state index is 12.7. The van der Waals surface area contributed by atoms with Crippen LogP contribution in [-0.4, -0.2) is 20.6 Å². The summed E-state index contributed by atoms with van der Waals surface area (Å²) >= 11 is 0. The van der Waals surface area contributed by atoms with Crippen LogP contribution in [0, 0.1) is 13.8 Å². The number of nitrogens with zero attached hydrogens (tertiary/aromatic N) is 3. The van der Waals surface area contributed by atoms with Gasteiger partial charge in [-0.05, 0) is 43.2 Å². The zero-order valence-corrected chi connectivity index (χ0v) is 16.8. The number of aryl methyl sites for hydroxylation is 2. The van der Waals surface area contributed by atoms with E-state index in [-0.39, 0.29) is 18.3 Å². The summed E-state index contributed by atoms with van der Waals surface area (Å²) < 4.78 is 44.2. The van der Waals surface area contributed by atoms with Crippen LogP contribution in [0.3, 0.4) is 0 Å². The van der Waals surface area contributed by atoms with Gasteiger partial charge in [0.25, 0.3) is 0 Å². The van der Waals surface area contributed by atoms with Gasteiger partial charge in [0.15, 0.2) is 0 Å². The average molecular weight is 428 g/mol. The van der Waals surface area contributed by atoms with E-state index < -0.39 is 12.1 Å². The summed E-state index contributed by atoms with van der Waals surface area (Å²) in [5, 5.41) is 7.12. The maximum Gasteiger partial charge on any atom is 0.471 e. The monoisotopic (exact) mass is 428 g/mol. The van der Waals surface area contributed by atoms with Gasteiger partial charge < -0.3 is 14.4 Å². The number of halogens is 3. The second-order valence-electron chi connectivity index (χ2n) is 7.36. The molecule has 0 aliphatic carbocycles. The van der Waals surface area contributed by atoms with Crippen molar-refractivity contribution in [1.82, 2.24) is 20.0 Å². The van der Waals surface area contributed by atoms with Gasteiger partial charge in [0.05, 0.1) is 0 Å². The molecule has 0 atom stereocenters. The highest BCUT2D eigenvalue weighted by molar-refractivity contribution is 5.89. The van der Waals surface area contributed by atoms with Gasteiger partial charge in [0.1, 0.15) is 6.54 Å². The van der Waals surface area contributed by atoms with E-state index in [1.54, 1.807) is 22.8 Å². The van der Waals surface area contributed by atoms with Crippen LogP contribution < -0.4 is 5.32 Å². The molecule has 2 aromatic heterocycles. The predicted molar refractivity (Wildman–Crippen MR) is 108 cm³/mol. The Hall–Kier alpha value is -3.62. The molecule has 31 heavy (non-hydrogen) atoms. The molecule has 0 aliphatic heterocycles. The first kappa shape index (κ1) is 20.6. The SMILES string of the molecule is Cc1ccc(CNC(=O)Cn2cc(C)c3cc(-c4noc(C(F)(F)F)n4)ccc32)cc1. The van der Waals surface area contributed by atoms with Crippen molar-refractivity contribution < 1.29 is 22.5 Å². The molecule has 9 heteroatoms. The summed E-state index contributed by atoms with van der Waals surface area (Å²) in [6.45, 7) is 4.42. The third-order valence-corrected chi connectivity index (χ3v) is 4.93. The van der Waals surface area contributed by atoms with Crippen LogP contribution in [0.1, 0.15) is 22.6 Å². The summed E-state index contributed by atoms with van der Waals surface area (Å²) in [4.78, 5) is 15.8. The van der Waals surface area contributed by atoms with Crippen molar-refractivity contribution in [3.63, 3.8) is 0 Å². The number of hydrogen-bond donors (Lipinski definition) is 1. The lowest BCUT2D eigenvalue weighted by atomic mass is 10.1. The van der Waals surface area contributed by atoms with Gasteiger partial charge in [0, 0.05) is 29.2 Å². The van der Waals surface area contributed by atoms with Crippen LogP contribution in [-0.2, 0) is 24.1 Å². The standard InChI is InChI=1S/C22H19F3N4O2/c1-13-3-5-15(6-4-13)10-26-19(30)12-29-11-14(2)17-9-16(7-8-18(17)29)20-27-21(31-28-20)22(23,24)25/h3-9,11H,10,12H2,1-2H3,(H,26,30). The maximum absolute atomic E-state index is 12.7. The number of hydrogen-bond acceptors (Lipinski definition) is 4. The topological polar surface area (TPSA) is 73.0 Å². The van der Waals surface area contributed by atoms with Crippen LogP contribution in [0.15, 0.2) is 53.2 Å². The number of nitrogens with one attached hydrogen (secondary N) is 1. The molecule has 0 saturated heterocycles. The summed E-state index contributed by atoms with van der Waals surface area (Å²) in [6.07, 6.45) is -2.86. The first-order chi connectivity index (χ1) is 14.7. The fourth-order valence-electron chi connectivity index (χ4n) is 3.32. The third kappa shape index (κ3) is 4.45. The van der Waals surface area contributed by atoms with Gasteiger partial charge in [-0.25, -0.2) is 0 Å². The molecule has 1 amide bonds. The predicted octanol–water partition coefficient (Wildman–Crippen LogP) is 4.64. The minimum atomic E-state index is -4.69. The van der Waals surface area contributed by atoms with Crippen molar-refractivity contribution >= 4 is 16.8 Å². The molecule has 0 fully saturated rings. The molecule has 1 N–H and O–H groups in total. The van der Waals surface area contributed by atoms with Crippen LogP contribution >= 0.6 is 0 Å². The molecule has 0 spiro atoms. The summed E-state index contributed by atoms with van der Waals surface area (Å²) in [5.74, 6) is -1.67. The molecule has 4 aromatic rings. The van der Waals surface area contributed by atoms with E-state index in [2.05, 4.69) is 20.0 Å². The first-order valence-corrected chi connectivity index (χ1v) is 9.54. The van der Waals surface area contributed by atoms with E-state index >= 15 is 0 Å². The highest BCUT2D eigenvalue weighted by Gasteiger charge is 2.38. The number of fused-ring (bicyclic) bond motifs is 1.